The van der Waals surface area contributed by atoms with E-state index in [9.17, 15) is 22.8 Å². The zero-order valence-electron chi connectivity index (χ0n) is 22.4. The van der Waals surface area contributed by atoms with Crippen LogP contribution in [0.2, 0.25) is 0 Å². The molecule has 2 heterocycles. The molecule has 0 radical (unpaired) electrons. The van der Waals surface area contributed by atoms with Crippen molar-refractivity contribution in [1.29, 1.82) is 0 Å². The number of carbonyl (C=O) groups is 2. The Morgan fingerprint density at radius 2 is 1.76 bits per heavy atom. The lowest BCUT2D eigenvalue weighted by Crippen LogP contribution is -2.38. The first kappa shape index (κ1) is 27.9. The van der Waals surface area contributed by atoms with Gasteiger partial charge < -0.3 is 28.6 Å². The molecule has 0 aliphatic carbocycles. The van der Waals surface area contributed by atoms with Crippen LogP contribution in [-0.2, 0) is 17.7 Å². The molecule has 0 saturated heterocycles. The average molecular weight is 570 g/mol. The molecule has 4 aromatic rings. The summed E-state index contributed by atoms with van der Waals surface area (Å²) in [5.74, 6) is -0.962. The number of alkyl halides is 3. The van der Waals surface area contributed by atoms with Crippen molar-refractivity contribution in [2.45, 2.75) is 45.4 Å². The van der Waals surface area contributed by atoms with Crippen molar-refractivity contribution >= 4 is 22.8 Å². The number of rotatable bonds is 8. The van der Waals surface area contributed by atoms with Gasteiger partial charge in [0.2, 0.25) is 0 Å². The van der Waals surface area contributed by atoms with Crippen LogP contribution in [0.15, 0.2) is 60.7 Å². The maximum Gasteiger partial charge on any atom is 0.573 e. The molecule has 5 rings (SSSR count). The van der Waals surface area contributed by atoms with Crippen LogP contribution in [0.1, 0.15) is 46.1 Å². The molecular formula is C30H26F3NO7. The summed E-state index contributed by atoms with van der Waals surface area (Å²) in [7, 11) is 1.52. The van der Waals surface area contributed by atoms with Crippen molar-refractivity contribution in [3.8, 4) is 17.2 Å². The summed E-state index contributed by atoms with van der Waals surface area (Å²) in [5.41, 5.74) is 3.19. The SMILES string of the molecule is CCC1(OC(=O)O)Cc2cc(Cn3c(C)c(C(=O)c4ccc(OC)cc4)c4ccc(OC(F)(F)F)cc43)ccc2O1. The zero-order chi connectivity index (χ0) is 29.5. The molecule has 0 spiro atoms. The van der Waals surface area contributed by atoms with Crippen molar-refractivity contribution in [3.63, 3.8) is 0 Å². The summed E-state index contributed by atoms with van der Waals surface area (Å²) in [6.07, 6.45) is -5.83. The summed E-state index contributed by atoms with van der Waals surface area (Å²) in [4.78, 5) is 24.9. The second-order valence-corrected chi connectivity index (χ2v) is 9.68. The van der Waals surface area contributed by atoms with Gasteiger partial charge in [-0.25, -0.2) is 4.79 Å². The van der Waals surface area contributed by atoms with Gasteiger partial charge in [-0.2, -0.15) is 0 Å². The number of benzene rings is 3. The highest BCUT2D eigenvalue weighted by Crippen LogP contribution is 2.39. The monoisotopic (exact) mass is 569 g/mol. The van der Waals surface area contributed by atoms with Gasteiger partial charge in [-0.3, -0.25) is 4.79 Å². The highest BCUT2D eigenvalue weighted by atomic mass is 19.4. The van der Waals surface area contributed by atoms with Gasteiger partial charge in [0.25, 0.3) is 5.79 Å². The molecule has 41 heavy (non-hydrogen) atoms. The number of carbonyl (C=O) groups excluding carboxylic acids is 1. The second kappa shape index (κ2) is 10.4. The molecule has 1 atom stereocenters. The average Bonchev–Trinajstić information content (AvgIpc) is 3.41. The minimum absolute atomic E-state index is 0.204. The van der Waals surface area contributed by atoms with E-state index >= 15 is 0 Å². The highest BCUT2D eigenvalue weighted by molar-refractivity contribution is 6.17. The molecule has 1 unspecified atom stereocenters. The fourth-order valence-corrected chi connectivity index (χ4v) is 5.19. The third kappa shape index (κ3) is 5.52. The summed E-state index contributed by atoms with van der Waals surface area (Å²) in [5, 5.41) is 9.63. The van der Waals surface area contributed by atoms with Gasteiger partial charge in [0.05, 0.1) is 24.6 Å². The van der Waals surface area contributed by atoms with Crippen molar-refractivity contribution in [2.24, 2.45) is 0 Å². The third-order valence-corrected chi connectivity index (χ3v) is 7.14. The molecule has 0 fully saturated rings. The van der Waals surface area contributed by atoms with E-state index in [0.29, 0.717) is 45.6 Å². The van der Waals surface area contributed by atoms with E-state index in [1.165, 1.54) is 25.3 Å². The maximum atomic E-state index is 13.7. The van der Waals surface area contributed by atoms with Gasteiger partial charge in [-0.15, -0.1) is 13.2 Å². The Labute approximate surface area is 232 Å². The molecule has 1 aliphatic heterocycles. The molecule has 0 bridgehead atoms. The van der Waals surface area contributed by atoms with Crippen LogP contribution < -0.4 is 14.2 Å². The van der Waals surface area contributed by atoms with Crippen LogP contribution in [-0.4, -0.2) is 40.9 Å². The minimum atomic E-state index is -4.88. The lowest BCUT2D eigenvalue weighted by molar-refractivity contribution is -0.274. The number of fused-ring (bicyclic) bond motifs is 2. The largest absolute Gasteiger partial charge is 0.573 e. The maximum absolute atomic E-state index is 13.7. The zero-order valence-corrected chi connectivity index (χ0v) is 22.4. The van der Waals surface area contributed by atoms with Crippen molar-refractivity contribution in [3.05, 3.63) is 88.6 Å². The number of ether oxygens (including phenoxy) is 4. The molecule has 8 nitrogen and oxygen atoms in total. The molecule has 3 aromatic carbocycles. The normalized spacial score (nSPS) is 16.2. The summed E-state index contributed by atoms with van der Waals surface area (Å²) in [6, 6.07) is 15.8. The molecule has 214 valence electrons. The van der Waals surface area contributed by atoms with E-state index in [4.69, 9.17) is 19.3 Å². The predicted octanol–water partition coefficient (Wildman–Crippen LogP) is 6.87. The molecule has 11 heteroatoms. The van der Waals surface area contributed by atoms with Gasteiger partial charge in [0.1, 0.15) is 17.2 Å². The van der Waals surface area contributed by atoms with Crippen LogP contribution in [0.3, 0.4) is 0 Å². The van der Waals surface area contributed by atoms with Gasteiger partial charge >= 0.3 is 12.5 Å². The Hall–Kier alpha value is -4.67. The molecule has 1 N–H and O–H groups in total. The van der Waals surface area contributed by atoms with E-state index in [2.05, 4.69) is 4.74 Å². The summed E-state index contributed by atoms with van der Waals surface area (Å²) >= 11 is 0. The first-order valence-electron chi connectivity index (χ1n) is 12.7. The van der Waals surface area contributed by atoms with E-state index in [1.807, 2.05) is 6.07 Å². The third-order valence-electron chi connectivity index (χ3n) is 7.14. The summed E-state index contributed by atoms with van der Waals surface area (Å²) < 4.78 is 61.1. The van der Waals surface area contributed by atoms with Crippen LogP contribution in [0.4, 0.5) is 18.0 Å². The van der Waals surface area contributed by atoms with Gasteiger partial charge in [0.15, 0.2) is 5.78 Å². The number of methoxy groups -OCH3 is 1. The van der Waals surface area contributed by atoms with Crippen LogP contribution in [0.25, 0.3) is 10.9 Å². The standard InChI is InChI=1S/C30H26F3NO7/c1-4-29(41-28(36)37)15-20-13-18(5-12-25(20)40-29)16-34-17(2)26(27(35)19-6-8-21(38-3)9-7-19)23-11-10-22(14-24(23)34)39-30(31,32)33/h5-14H,4,15-16H2,1-3H3,(H,36,37). The number of aromatic nitrogens is 1. The van der Waals surface area contributed by atoms with Crippen molar-refractivity contribution in [1.82, 2.24) is 4.57 Å². The number of hydrogen-bond donors (Lipinski definition) is 1. The number of hydrogen-bond acceptors (Lipinski definition) is 6. The van der Waals surface area contributed by atoms with Crippen LogP contribution >= 0.6 is 0 Å². The lowest BCUT2D eigenvalue weighted by Gasteiger charge is -2.25. The van der Waals surface area contributed by atoms with Crippen molar-refractivity contribution in [2.75, 3.05) is 7.11 Å². The summed E-state index contributed by atoms with van der Waals surface area (Å²) in [6.45, 7) is 3.70. The first-order chi connectivity index (χ1) is 19.4. The smallest absolute Gasteiger partial charge is 0.497 e. The van der Waals surface area contributed by atoms with E-state index < -0.39 is 24.1 Å². The topological polar surface area (TPSA) is 96.2 Å². The Morgan fingerprint density at radius 3 is 2.39 bits per heavy atom. The second-order valence-electron chi connectivity index (χ2n) is 9.68. The van der Waals surface area contributed by atoms with Crippen molar-refractivity contribution < 1.29 is 46.8 Å². The van der Waals surface area contributed by atoms with Gasteiger partial charge in [-0.05, 0) is 55.0 Å². The van der Waals surface area contributed by atoms with E-state index in [0.717, 1.165) is 11.1 Å². The Kier molecular flexibility index (Phi) is 7.06. The molecule has 0 saturated carbocycles. The first-order valence-corrected chi connectivity index (χ1v) is 12.7. The highest BCUT2D eigenvalue weighted by Gasteiger charge is 2.42. The number of halogens is 3. The van der Waals surface area contributed by atoms with Crippen LogP contribution in [0, 0.1) is 6.92 Å². The molecule has 1 aliphatic rings. The lowest BCUT2D eigenvalue weighted by atomic mass is 10.0. The van der Waals surface area contributed by atoms with Gasteiger partial charge in [-0.1, -0.05) is 19.1 Å². The molecule has 1 aromatic heterocycles. The number of nitrogens with zero attached hydrogens (tertiary/aromatic N) is 1. The Bertz CT molecular complexity index is 1640. The minimum Gasteiger partial charge on any atom is -0.497 e. The number of ketones is 1. The fraction of sp³-hybridized carbons (Fsp3) is 0.267. The Balaban J connectivity index is 1.57. The predicted molar refractivity (Wildman–Crippen MR) is 142 cm³/mol. The quantitative estimate of drug-likeness (QED) is 0.183. The van der Waals surface area contributed by atoms with Gasteiger partial charge in [0, 0.05) is 41.2 Å². The fourth-order valence-electron chi connectivity index (χ4n) is 5.19. The number of carboxylic acid groups (broad SMARTS) is 1. The van der Waals surface area contributed by atoms with E-state index in [1.54, 1.807) is 54.8 Å². The molecule has 0 amide bonds. The van der Waals surface area contributed by atoms with E-state index in [-0.39, 0.29) is 18.7 Å². The molecular weight excluding hydrogens is 543 g/mol. The van der Waals surface area contributed by atoms with Crippen LogP contribution in [0.5, 0.6) is 17.2 Å². The Morgan fingerprint density at radius 1 is 1.05 bits per heavy atom.